The molecule has 2 aromatic rings. The molecule has 2 aliphatic heterocycles. The zero-order chi connectivity index (χ0) is 17.2. The number of rotatable bonds is 3. The first-order valence-electron chi connectivity index (χ1n) is 8.87. The zero-order valence-corrected chi connectivity index (χ0v) is 15.3. The van der Waals surface area contributed by atoms with Crippen LogP contribution in [-0.4, -0.2) is 60.0 Å². The second-order valence-corrected chi connectivity index (χ2v) is 7.61. The molecule has 1 amide bonds. The van der Waals surface area contributed by atoms with Crippen molar-refractivity contribution in [2.75, 3.05) is 49.1 Å². The minimum Gasteiger partial charge on any atom is -0.356 e. The van der Waals surface area contributed by atoms with Gasteiger partial charge in [-0.25, -0.2) is 9.97 Å². The maximum absolute atomic E-state index is 12.6. The van der Waals surface area contributed by atoms with Crippen LogP contribution < -0.4 is 9.80 Å². The number of amides is 1. The predicted octanol–water partition coefficient (Wildman–Crippen LogP) is 2.41. The van der Waals surface area contributed by atoms with Crippen LogP contribution in [0.25, 0.3) is 0 Å². The van der Waals surface area contributed by atoms with Crippen LogP contribution in [0.1, 0.15) is 28.1 Å². The van der Waals surface area contributed by atoms with E-state index in [2.05, 4.69) is 25.8 Å². The number of carbonyl (C=O) groups excluding carboxylic acids is 1. The Morgan fingerprint density at radius 1 is 0.960 bits per heavy atom. The fraction of sp³-hybridized carbons (Fsp3) is 0.500. The molecule has 0 N–H and O–H groups in total. The maximum atomic E-state index is 12.6. The van der Waals surface area contributed by atoms with E-state index >= 15 is 0 Å². The largest absolute Gasteiger partial charge is 0.356 e. The lowest BCUT2D eigenvalue weighted by Crippen LogP contribution is -2.49. The standard InChI is InChI=1S/C18H23N5OS/c1-14-10-15(25-12-14)18(24)23-8-6-22(7-9-23)17-11-16(19-13-20-17)21-4-2-3-5-21/h10-13H,2-9H2,1H3. The van der Waals surface area contributed by atoms with Crippen molar-refractivity contribution in [3.63, 3.8) is 0 Å². The number of hydrogen-bond acceptors (Lipinski definition) is 6. The zero-order valence-electron chi connectivity index (χ0n) is 14.5. The molecule has 2 aromatic heterocycles. The second-order valence-electron chi connectivity index (χ2n) is 6.70. The topological polar surface area (TPSA) is 52.6 Å². The van der Waals surface area contributed by atoms with Crippen LogP contribution in [0.15, 0.2) is 23.8 Å². The molecule has 0 atom stereocenters. The molecule has 2 saturated heterocycles. The molecule has 2 aliphatic rings. The van der Waals surface area contributed by atoms with Gasteiger partial charge in [-0.15, -0.1) is 11.3 Å². The van der Waals surface area contributed by atoms with Gasteiger partial charge in [0.05, 0.1) is 4.88 Å². The summed E-state index contributed by atoms with van der Waals surface area (Å²) < 4.78 is 0. The predicted molar refractivity (Wildman–Crippen MR) is 101 cm³/mol. The molecule has 0 saturated carbocycles. The Labute approximate surface area is 152 Å². The molecule has 0 spiro atoms. The summed E-state index contributed by atoms with van der Waals surface area (Å²) in [5.41, 5.74) is 1.16. The van der Waals surface area contributed by atoms with E-state index in [1.165, 1.54) is 24.2 Å². The van der Waals surface area contributed by atoms with Crippen molar-refractivity contribution in [3.8, 4) is 0 Å². The van der Waals surface area contributed by atoms with Crippen molar-refractivity contribution in [2.24, 2.45) is 0 Å². The SMILES string of the molecule is Cc1csc(C(=O)N2CCN(c3cc(N4CCCC4)ncn3)CC2)c1. The van der Waals surface area contributed by atoms with Gasteiger partial charge in [-0.2, -0.15) is 0 Å². The third-order valence-electron chi connectivity index (χ3n) is 4.90. The van der Waals surface area contributed by atoms with Gasteiger partial charge in [0, 0.05) is 45.3 Å². The number of thiophene rings is 1. The Morgan fingerprint density at radius 2 is 1.60 bits per heavy atom. The van der Waals surface area contributed by atoms with E-state index in [1.807, 2.05) is 23.3 Å². The molecule has 0 aliphatic carbocycles. The molecule has 4 rings (SSSR count). The van der Waals surface area contributed by atoms with Crippen molar-refractivity contribution >= 4 is 28.9 Å². The van der Waals surface area contributed by atoms with Crippen molar-refractivity contribution in [3.05, 3.63) is 34.3 Å². The summed E-state index contributed by atoms with van der Waals surface area (Å²) in [4.78, 5) is 28.8. The monoisotopic (exact) mass is 357 g/mol. The van der Waals surface area contributed by atoms with Crippen LogP contribution in [0.2, 0.25) is 0 Å². The Bertz CT molecular complexity index is 747. The van der Waals surface area contributed by atoms with Gasteiger partial charge in [0.1, 0.15) is 18.0 Å². The summed E-state index contributed by atoms with van der Waals surface area (Å²) in [5, 5.41) is 2.03. The number of aromatic nitrogens is 2. The number of nitrogens with zero attached hydrogens (tertiary/aromatic N) is 5. The Kier molecular flexibility index (Phi) is 4.57. The van der Waals surface area contributed by atoms with E-state index in [0.717, 1.165) is 61.3 Å². The molecule has 0 radical (unpaired) electrons. The van der Waals surface area contributed by atoms with Crippen LogP contribution in [-0.2, 0) is 0 Å². The van der Waals surface area contributed by atoms with E-state index in [0.29, 0.717) is 0 Å². The summed E-state index contributed by atoms with van der Waals surface area (Å²) in [6, 6.07) is 4.07. The minimum atomic E-state index is 0.151. The highest BCUT2D eigenvalue weighted by Gasteiger charge is 2.24. The van der Waals surface area contributed by atoms with E-state index in [-0.39, 0.29) is 5.91 Å². The summed E-state index contributed by atoms with van der Waals surface area (Å²) in [5.74, 6) is 2.14. The van der Waals surface area contributed by atoms with Gasteiger partial charge in [0.15, 0.2) is 0 Å². The smallest absolute Gasteiger partial charge is 0.264 e. The number of piperazine rings is 1. The molecular weight excluding hydrogens is 334 g/mol. The van der Waals surface area contributed by atoms with Crippen LogP contribution >= 0.6 is 11.3 Å². The lowest BCUT2D eigenvalue weighted by Gasteiger charge is -2.35. The van der Waals surface area contributed by atoms with Crippen molar-refractivity contribution < 1.29 is 4.79 Å². The first kappa shape index (κ1) is 16.3. The van der Waals surface area contributed by atoms with E-state index in [4.69, 9.17) is 0 Å². The highest BCUT2D eigenvalue weighted by Crippen LogP contribution is 2.23. The number of carbonyl (C=O) groups is 1. The number of anilines is 2. The number of aryl methyl sites for hydroxylation is 1. The summed E-state index contributed by atoms with van der Waals surface area (Å²) in [6.45, 7) is 7.28. The normalized spacial score (nSPS) is 18.0. The van der Waals surface area contributed by atoms with Crippen LogP contribution in [0.3, 0.4) is 0 Å². The van der Waals surface area contributed by atoms with Crippen molar-refractivity contribution in [2.45, 2.75) is 19.8 Å². The van der Waals surface area contributed by atoms with Gasteiger partial charge in [-0.05, 0) is 36.8 Å². The Morgan fingerprint density at radius 3 is 2.20 bits per heavy atom. The highest BCUT2D eigenvalue weighted by molar-refractivity contribution is 7.12. The fourth-order valence-electron chi connectivity index (χ4n) is 3.47. The maximum Gasteiger partial charge on any atom is 0.264 e. The molecule has 7 heteroatoms. The Balaban J connectivity index is 1.40. The van der Waals surface area contributed by atoms with E-state index < -0.39 is 0 Å². The summed E-state index contributed by atoms with van der Waals surface area (Å²) >= 11 is 1.53. The fourth-order valence-corrected chi connectivity index (χ4v) is 4.33. The molecule has 25 heavy (non-hydrogen) atoms. The van der Waals surface area contributed by atoms with Gasteiger partial charge >= 0.3 is 0 Å². The molecule has 2 fully saturated rings. The minimum absolute atomic E-state index is 0.151. The molecule has 132 valence electrons. The van der Waals surface area contributed by atoms with Crippen LogP contribution in [0, 0.1) is 6.92 Å². The Hall–Kier alpha value is -2.15. The van der Waals surface area contributed by atoms with Crippen molar-refractivity contribution in [1.29, 1.82) is 0 Å². The van der Waals surface area contributed by atoms with Crippen molar-refractivity contribution in [1.82, 2.24) is 14.9 Å². The third-order valence-corrected chi connectivity index (χ3v) is 5.94. The molecule has 4 heterocycles. The van der Waals surface area contributed by atoms with Gasteiger partial charge in [-0.3, -0.25) is 4.79 Å². The highest BCUT2D eigenvalue weighted by atomic mass is 32.1. The van der Waals surface area contributed by atoms with E-state index in [1.54, 1.807) is 6.33 Å². The molecule has 6 nitrogen and oxygen atoms in total. The summed E-state index contributed by atoms with van der Waals surface area (Å²) in [6.07, 6.45) is 4.14. The summed E-state index contributed by atoms with van der Waals surface area (Å²) in [7, 11) is 0. The molecular formula is C18H23N5OS. The van der Waals surface area contributed by atoms with Gasteiger partial charge in [-0.1, -0.05) is 0 Å². The first-order valence-corrected chi connectivity index (χ1v) is 9.75. The van der Waals surface area contributed by atoms with Crippen LogP contribution in [0.4, 0.5) is 11.6 Å². The molecule has 0 aromatic carbocycles. The molecule has 0 unspecified atom stereocenters. The quantitative estimate of drug-likeness (QED) is 0.844. The average molecular weight is 357 g/mol. The molecule has 0 bridgehead atoms. The third kappa shape index (κ3) is 3.46. The van der Waals surface area contributed by atoms with Gasteiger partial charge in [0.2, 0.25) is 0 Å². The first-order chi connectivity index (χ1) is 12.2. The number of hydrogen-bond donors (Lipinski definition) is 0. The second kappa shape index (κ2) is 7.00. The van der Waals surface area contributed by atoms with Gasteiger partial charge < -0.3 is 14.7 Å². The van der Waals surface area contributed by atoms with E-state index in [9.17, 15) is 4.79 Å². The average Bonchev–Trinajstić information content (AvgIpc) is 3.33. The lowest BCUT2D eigenvalue weighted by molar-refractivity contribution is 0.0751. The lowest BCUT2D eigenvalue weighted by atomic mass is 10.2. The van der Waals surface area contributed by atoms with Crippen LogP contribution in [0.5, 0.6) is 0 Å². The van der Waals surface area contributed by atoms with Gasteiger partial charge in [0.25, 0.3) is 5.91 Å².